The fourth-order valence-electron chi connectivity index (χ4n) is 2.13. The van der Waals surface area contributed by atoms with Gasteiger partial charge < -0.3 is 5.32 Å². The molecular weight excluding hydrogens is 210 g/mol. The highest BCUT2D eigenvalue weighted by Crippen LogP contribution is 2.20. The van der Waals surface area contributed by atoms with Gasteiger partial charge >= 0.3 is 0 Å². The van der Waals surface area contributed by atoms with Crippen LogP contribution >= 0.6 is 0 Å². The van der Waals surface area contributed by atoms with Gasteiger partial charge in [0, 0.05) is 12.7 Å². The number of pyridine rings is 1. The topological polar surface area (TPSA) is 48.7 Å². The van der Waals surface area contributed by atoms with Crippen molar-refractivity contribution in [3.05, 3.63) is 35.7 Å². The molecule has 88 valence electrons. The van der Waals surface area contributed by atoms with E-state index in [1.807, 2.05) is 12.1 Å². The van der Waals surface area contributed by atoms with E-state index in [1.54, 1.807) is 11.8 Å². The quantitative estimate of drug-likeness (QED) is 0.803. The maximum absolute atomic E-state index is 8.90. The van der Waals surface area contributed by atoms with Crippen LogP contribution in [-0.4, -0.2) is 11.5 Å². The van der Waals surface area contributed by atoms with E-state index in [1.165, 1.54) is 25.7 Å². The van der Waals surface area contributed by atoms with Crippen molar-refractivity contribution in [3.63, 3.8) is 0 Å². The molecule has 0 unspecified atom stereocenters. The molecule has 1 aromatic rings. The van der Waals surface area contributed by atoms with Crippen LogP contribution in [0, 0.1) is 11.3 Å². The lowest BCUT2D eigenvalue weighted by molar-refractivity contribution is 0.679. The zero-order valence-corrected chi connectivity index (χ0v) is 9.95. The van der Waals surface area contributed by atoms with Gasteiger partial charge in [0.05, 0.1) is 5.69 Å². The number of anilines is 1. The summed E-state index contributed by atoms with van der Waals surface area (Å²) in [5.74, 6) is 0. The van der Waals surface area contributed by atoms with Gasteiger partial charge in [-0.3, -0.25) is 0 Å². The lowest BCUT2D eigenvalue weighted by atomic mass is 9.97. The SMILES string of the molecule is N#Cc1ncccc1NCCC1=CCCCC1. The van der Waals surface area contributed by atoms with E-state index in [2.05, 4.69) is 22.4 Å². The Balaban J connectivity index is 1.86. The van der Waals surface area contributed by atoms with Crippen LogP contribution in [0.1, 0.15) is 37.8 Å². The highest BCUT2D eigenvalue weighted by molar-refractivity contribution is 5.53. The molecule has 0 bridgehead atoms. The first kappa shape index (κ1) is 11.7. The molecule has 0 aromatic carbocycles. The summed E-state index contributed by atoms with van der Waals surface area (Å²) in [7, 11) is 0. The van der Waals surface area contributed by atoms with Gasteiger partial charge in [0.25, 0.3) is 0 Å². The molecule has 0 saturated heterocycles. The Morgan fingerprint density at radius 2 is 2.35 bits per heavy atom. The van der Waals surface area contributed by atoms with Gasteiger partial charge in [-0.2, -0.15) is 5.26 Å². The maximum atomic E-state index is 8.90. The molecule has 1 heterocycles. The van der Waals surface area contributed by atoms with Crippen LogP contribution in [0.3, 0.4) is 0 Å². The van der Waals surface area contributed by atoms with Crippen molar-refractivity contribution >= 4 is 5.69 Å². The molecule has 17 heavy (non-hydrogen) atoms. The Bertz CT molecular complexity index is 443. The molecule has 1 aliphatic rings. The number of allylic oxidation sites excluding steroid dienone is 1. The molecule has 0 fully saturated rings. The van der Waals surface area contributed by atoms with E-state index in [4.69, 9.17) is 5.26 Å². The van der Waals surface area contributed by atoms with Gasteiger partial charge in [0.15, 0.2) is 5.69 Å². The standard InChI is InChI=1S/C14H17N3/c15-11-14-13(7-4-9-16-14)17-10-8-12-5-2-1-3-6-12/h4-5,7,9,17H,1-3,6,8,10H2. The Morgan fingerprint density at radius 3 is 3.12 bits per heavy atom. The van der Waals surface area contributed by atoms with Crippen molar-refractivity contribution in [2.75, 3.05) is 11.9 Å². The maximum Gasteiger partial charge on any atom is 0.163 e. The van der Waals surface area contributed by atoms with Crippen LogP contribution in [0.25, 0.3) is 0 Å². The molecule has 0 saturated carbocycles. The van der Waals surface area contributed by atoms with Crippen molar-refractivity contribution in [1.82, 2.24) is 4.98 Å². The minimum Gasteiger partial charge on any atom is -0.382 e. The highest BCUT2D eigenvalue weighted by Gasteiger charge is 2.04. The molecule has 3 heteroatoms. The van der Waals surface area contributed by atoms with E-state index in [0.717, 1.165) is 18.7 Å². The van der Waals surface area contributed by atoms with Gasteiger partial charge in [0.1, 0.15) is 6.07 Å². The lowest BCUT2D eigenvalue weighted by Crippen LogP contribution is -2.06. The third-order valence-corrected chi connectivity index (χ3v) is 3.06. The van der Waals surface area contributed by atoms with E-state index < -0.39 is 0 Å². The molecule has 3 nitrogen and oxygen atoms in total. The molecule has 1 N–H and O–H groups in total. The van der Waals surface area contributed by atoms with Gasteiger partial charge in [-0.1, -0.05) is 11.6 Å². The third-order valence-electron chi connectivity index (χ3n) is 3.06. The van der Waals surface area contributed by atoms with Crippen molar-refractivity contribution in [1.29, 1.82) is 5.26 Å². The highest BCUT2D eigenvalue weighted by atomic mass is 14.9. The predicted molar refractivity (Wildman–Crippen MR) is 68.6 cm³/mol. The van der Waals surface area contributed by atoms with E-state index in [-0.39, 0.29) is 0 Å². The minimum absolute atomic E-state index is 0.477. The van der Waals surface area contributed by atoms with Gasteiger partial charge in [0.2, 0.25) is 0 Å². The van der Waals surface area contributed by atoms with Crippen molar-refractivity contribution in [3.8, 4) is 6.07 Å². The van der Waals surface area contributed by atoms with Gasteiger partial charge in [-0.05, 0) is 44.2 Å². The fraction of sp³-hybridized carbons (Fsp3) is 0.429. The first-order valence-electron chi connectivity index (χ1n) is 6.17. The van der Waals surface area contributed by atoms with Gasteiger partial charge in [-0.25, -0.2) is 4.98 Å². The molecule has 1 aliphatic carbocycles. The fourth-order valence-corrected chi connectivity index (χ4v) is 2.13. The van der Waals surface area contributed by atoms with Crippen LogP contribution in [0.5, 0.6) is 0 Å². The number of nitrogens with one attached hydrogen (secondary N) is 1. The van der Waals surface area contributed by atoms with E-state index >= 15 is 0 Å². The molecule has 1 aromatic heterocycles. The summed E-state index contributed by atoms with van der Waals surface area (Å²) in [6.45, 7) is 0.881. The first-order chi connectivity index (χ1) is 8.40. The Kier molecular flexibility index (Phi) is 4.15. The Hall–Kier alpha value is -1.82. The number of nitriles is 1. The summed E-state index contributed by atoms with van der Waals surface area (Å²) in [5, 5.41) is 12.2. The first-order valence-corrected chi connectivity index (χ1v) is 6.17. The average Bonchev–Trinajstić information content (AvgIpc) is 2.40. The normalized spacial score (nSPS) is 14.9. The second-order valence-corrected chi connectivity index (χ2v) is 4.30. The number of hydrogen-bond donors (Lipinski definition) is 1. The van der Waals surface area contributed by atoms with Crippen LogP contribution in [0.15, 0.2) is 30.0 Å². The van der Waals surface area contributed by atoms with Crippen LogP contribution in [0.4, 0.5) is 5.69 Å². The molecule has 0 atom stereocenters. The third kappa shape index (κ3) is 3.32. The second kappa shape index (κ2) is 6.05. The van der Waals surface area contributed by atoms with Crippen molar-refractivity contribution < 1.29 is 0 Å². The van der Waals surface area contributed by atoms with Crippen LogP contribution < -0.4 is 5.32 Å². The summed E-state index contributed by atoms with van der Waals surface area (Å²) < 4.78 is 0. The van der Waals surface area contributed by atoms with Crippen LogP contribution in [-0.2, 0) is 0 Å². The monoisotopic (exact) mass is 227 g/mol. The molecule has 2 rings (SSSR count). The number of nitrogens with zero attached hydrogens (tertiary/aromatic N) is 2. The average molecular weight is 227 g/mol. The summed E-state index contributed by atoms with van der Waals surface area (Å²) >= 11 is 0. The number of rotatable bonds is 4. The molecule has 0 radical (unpaired) electrons. The smallest absolute Gasteiger partial charge is 0.163 e. The van der Waals surface area contributed by atoms with Crippen molar-refractivity contribution in [2.24, 2.45) is 0 Å². The summed E-state index contributed by atoms with van der Waals surface area (Å²) in [4.78, 5) is 4.02. The largest absolute Gasteiger partial charge is 0.382 e. The summed E-state index contributed by atoms with van der Waals surface area (Å²) in [6, 6.07) is 5.85. The zero-order chi connectivity index (χ0) is 11.9. The summed E-state index contributed by atoms with van der Waals surface area (Å²) in [6.07, 6.45) is 10.2. The minimum atomic E-state index is 0.477. The molecule has 0 amide bonds. The molecule has 0 aliphatic heterocycles. The zero-order valence-electron chi connectivity index (χ0n) is 9.95. The molecular formula is C14H17N3. The number of aromatic nitrogens is 1. The Morgan fingerprint density at radius 1 is 1.41 bits per heavy atom. The Labute approximate surface area is 102 Å². The van der Waals surface area contributed by atoms with Crippen molar-refractivity contribution in [2.45, 2.75) is 32.1 Å². The second-order valence-electron chi connectivity index (χ2n) is 4.30. The lowest BCUT2D eigenvalue weighted by Gasteiger charge is -2.13. The van der Waals surface area contributed by atoms with E-state index in [9.17, 15) is 0 Å². The van der Waals surface area contributed by atoms with E-state index in [0.29, 0.717) is 5.69 Å². The number of hydrogen-bond acceptors (Lipinski definition) is 3. The molecule has 0 spiro atoms. The van der Waals surface area contributed by atoms with Crippen LogP contribution in [0.2, 0.25) is 0 Å². The summed E-state index contributed by atoms with van der Waals surface area (Å²) in [5.41, 5.74) is 2.86. The van der Waals surface area contributed by atoms with Gasteiger partial charge in [-0.15, -0.1) is 0 Å². The predicted octanol–water partition coefficient (Wildman–Crippen LogP) is 3.26.